The number of halogens is 1. The molecule has 0 saturated carbocycles. The number of nitrogens with one attached hydrogen (secondary N) is 1. The Morgan fingerprint density at radius 3 is 2.90 bits per heavy atom. The predicted octanol–water partition coefficient (Wildman–Crippen LogP) is 2.52. The molecule has 1 N–H and O–H groups in total. The molecule has 1 aromatic rings. The second-order valence-corrected chi connectivity index (χ2v) is 5.54. The summed E-state index contributed by atoms with van der Waals surface area (Å²) in [6.07, 6.45) is 3.18. The molecule has 2 heterocycles. The first kappa shape index (κ1) is 15.2. The summed E-state index contributed by atoms with van der Waals surface area (Å²) >= 11 is 0. The van der Waals surface area contributed by atoms with E-state index in [1.54, 1.807) is 12.3 Å². The Kier molecular flexibility index (Phi) is 5.73. The van der Waals surface area contributed by atoms with Gasteiger partial charge in [-0.3, -0.25) is 0 Å². The summed E-state index contributed by atoms with van der Waals surface area (Å²) in [4.78, 5) is 4.01. The standard InChI is InChI=1S/C15H23FN2O2/c1-11(2)9-17-10-12-3-6-18-15(14(12)16)20-13-4-7-19-8-5-13/h3,6,11,13,17H,4-5,7-10H2,1-2H3. The highest BCUT2D eigenvalue weighted by Gasteiger charge is 2.19. The number of aromatic nitrogens is 1. The van der Waals surface area contributed by atoms with Crippen molar-refractivity contribution in [3.05, 3.63) is 23.6 Å². The van der Waals surface area contributed by atoms with Crippen molar-refractivity contribution in [3.63, 3.8) is 0 Å². The molecule has 1 aromatic heterocycles. The summed E-state index contributed by atoms with van der Waals surface area (Å²) in [7, 11) is 0. The van der Waals surface area contributed by atoms with Gasteiger partial charge in [0.25, 0.3) is 5.88 Å². The normalized spacial score (nSPS) is 16.6. The quantitative estimate of drug-likeness (QED) is 0.870. The molecule has 0 radical (unpaired) electrons. The van der Waals surface area contributed by atoms with E-state index in [9.17, 15) is 4.39 Å². The monoisotopic (exact) mass is 282 g/mol. The second kappa shape index (κ2) is 7.55. The number of hydrogen-bond acceptors (Lipinski definition) is 4. The molecular formula is C15H23FN2O2. The van der Waals surface area contributed by atoms with Gasteiger partial charge in [-0.1, -0.05) is 13.8 Å². The maximum atomic E-state index is 14.3. The molecule has 5 heteroatoms. The molecule has 0 atom stereocenters. The van der Waals surface area contributed by atoms with E-state index in [-0.39, 0.29) is 17.8 Å². The minimum Gasteiger partial charge on any atom is -0.472 e. The fourth-order valence-corrected chi connectivity index (χ4v) is 2.13. The van der Waals surface area contributed by atoms with Crippen LogP contribution in [-0.4, -0.2) is 30.8 Å². The van der Waals surface area contributed by atoms with Gasteiger partial charge in [0.2, 0.25) is 0 Å². The van der Waals surface area contributed by atoms with E-state index in [2.05, 4.69) is 24.1 Å². The van der Waals surface area contributed by atoms with Crippen LogP contribution in [-0.2, 0) is 11.3 Å². The molecule has 20 heavy (non-hydrogen) atoms. The van der Waals surface area contributed by atoms with Crippen molar-refractivity contribution in [1.29, 1.82) is 0 Å². The lowest BCUT2D eigenvalue weighted by atomic mass is 10.1. The van der Waals surface area contributed by atoms with Gasteiger partial charge in [-0.25, -0.2) is 9.37 Å². The van der Waals surface area contributed by atoms with Crippen LogP contribution in [0.25, 0.3) is 0 Å². The first-order chi connectivity index (χ1) is 9.66. The van der Waals surface area contributed by atoms with Crippen LogP contribution in [0.1, 0.15) is 32.3 Å². The summed E-state index contributed by atoms with van der Waals surface area (Å²) in [6, 6.07) is 1.69. The Morgan fingerprint density at radius 1 is 1.45 bits per heavy atom. The zero-order valence-corrected chi connectivity index (χ0v) is 12.2. The third-order valence-corrected chi connectivity index (χ3v) is 3.25. The van der Waals surface area contributed by atoms with E-state index in [0.29, 0.717) is 31.2 Å². The minimum atomic E-state index is -0.352. The van der Waals surface area contributed by atoms with Gasteiger partial charge >= 0.3 is 0 Å². The zero-order chi connectivity index (χ0) is 14.4. The van der Waals surface area contributed by atoms with E-state index < -0.39 is 0 Å². The van der Waals surface area contributed by atoms with Crippen molar-refractivity contribution >= 4 is 0 Å². The Labute approximate surface area is 119 Å². The number of nitrogens with zero attached hydrogens (tertiary/aromatic N) is 1. The highest BCUT2D eigenvalue weighted by Crippen LogP contribution is 2.21. The Balaban J connectivity index is 1.95. The Bertz CT molecular complexity index is 420. The molecule has 112 valence electrons. The van der Waals surface area contributed by atoms with Crippen LogP contribution in [0.15, 0.2) is 12.3 Å². The number of hydrogen-bond donors (Lipinski definition) is 1. The molecule has 1 aliphatic rings. The van der Waals surface area contributed by atoms with Gasteiger partial charge in [-0.15, -0.1) is 0 Å². The molecule has 1 fully saturated rings. The summed E-state index contributed by atoms with van der Waals surface area (Å²) in [5.41, 5.74) is 0.600. The molecule has 2 rings (SSSR count). The number of pyridine rings is 1. The molecule has 0 bridgehead atoms. The van der Waals surface area contributed by atoms with Crippen LogP contribution < -0.4 is 10.1 Å². The highest BCUT2D eigenvalue weighted by molar-refractivity contribution is 5.23. The van der Waals surface area contributed by atoms with E-state index in [4.69, 9.17) is 9.47 Å². The van der Waals surface area contributed by atoms with Crippen molar-refractivity contribution < 1.29 is 13.9 Å². The summed E-state index contributed by atoms with van der Waals surface area (Å²) in [5, 5.41) is 3.23. The van der Waals surface area contributed by atoms with Gasteiger partial charge in [0, 0.05) is 31.1 Å². The number of rotatable bonds is 6. The number of ether oxygens (including phenoxy) is 2. The Morgan fingerprint density at radius 2 is 2.20 bits per heavy atom. The van der Waals surface area contributed by atoms with Crippen LogP contribution in [0.4, 0.5) is 4.39 Å². The lowest BCUT2D eigenvalue weighted by Gasteiger charge is -2.23. The smallest absolute Gasteiger partial charge is 0.250 e. The van der Waals surface area contributed by atoms with Gasteiger partial charge in [0.1, 0.15) is 6.10 Å². The van der Waals surface area contributed by atoms with E-state index in [1.165, 1.54) is 0 Å². The molecule has 0 aliphatic carbocycles. The molecule has 0 unspecified atom stereocenters. The summed E-state index contributed by atoms with van der Waals surface area (Å²) < 4.78 is 25.2. The molecule has 0 amide bonds. The van der Waals surface area contributed by atoms with Crippen molar-refractivity contribution in [3.8, 4) is 5.88 Å². The van der Waals surface area contributed by atoms with Crippen molar-refractivity contribution in [2.45, 2.75) is 39.3 Å². The first-order valence-electron chi connectivity index (χ1n) is 7.25. The highest BCUT2D eigenvalue weighted by atomic mass is 19.1. The maximum Gasteiger partial charge on any atom is 0.250 e. The lowest BCUT2D eigenvalue weighted by molar-refractivity contribution is 0.0219. The van der Waals surface area contributed by atoms with E-state index in [0.717, 1.165) is 19.4 Å². The molecule has 1 saturated heterocycles. The van der Waals surface area contributed by atoms with Crippen LogP contribution >= 0.6 is 0 Å². The largest absolute Gasteiger partial charge is 0.472 e. The van der Waals surface area contributed by atoms with Crippen LogP contribution in [0.3, 0.4) is 0 Å². The molecule has 0 spiro atoms. The predicted molar refractivity (Wildman–Crippen MR) is 75.2 cm³/mol. The fraction of sp³-hybridized carbons (Fsp3) is 0.667. The van der Waals surface area contributed by atoms with Crippen LogP contribution in [0.5, 0.6) is 5.88 Å². The van der Waals surface area contributed by atoms with Crippen molar-refractivity contribution in [1.82, 2.24) is 10.3 Å². The lowest BCUT2D eigenvalue weighted by Crippen LogP contribution is -2.27. The topological polar surface area (TPSA) is 43.4 Å². The van der Waals surface area contributed by atoms with Crippen molar-refractivity contribution in [2.75, 3.05) is 19.8 Å². The second-order valence-electron chi connectivity index (χ2n) is 5.54. The van der Waals surface area contributed by atoms with Crippen molar-refractivity contribution in [2.24, 2.45) is 5.92 Å². The molecular weight excluding hydrogens is 259 g/mol. The van der Waals surface area contributed by atoms with Gasteiger partial charge in [0.15, 0.2) is 5.82 Å². The maximum absolute atomic E-state index is 14.3. The van der Waals surface area contributed by atoms with Gasteiger partial charge < -0.3 is 14.8 Å². The Hall–Kier alpha value is -1.20. The minimum absolute atomic E-state index is 0.00428. The molecule has 1 aliphatic heterocycles. The average molecular weight is 282 g/mol. The first-order valence-corrected chi connectivity index (χ1v) is 7.25. The van der Waals surface area contributed by atoms with Gasteiger partial charge in [0.05, 0.1) is 13.2 Å². The zero-order valence-electron chi connectivity index (χ0n) is 12.2. The van der Waals surface area contributed by atoms with E-state index in [1.807, 2.05) is 0 Å². The van der Waals surface area contributed by atoms with Gasteiger partial charge in [-0.2, -0.15) is 0 Å². The molecule has 0 aromatic carbocycles. The summed E-state index contributed by atoms with van der Waals surface area (Å²) in [6.45, 7) is 6.93. The fourth-order valence-electron chi connectivity index (χ4n) is 2.13. The SMILES string of the molecule is CC(C)CNCc1ccnc(OC2CCOCC2)c1F. The third kappa shape index (κ3) is 4.42. The molecule has 4 nitrogen and oxygen atoms in total. The van der Waals surface area contributed by atoms with E-state index >= 15 is 0 Å². The van der Waals surface area contributed by atoms with Crippen LogP contribution in [0.2, 0.25) is 0 Å². The summed E-state index contributed by atoms with van der Waals surface area (Å²) in [5.74, 6) is 0.300. The third-order valence-electron chi connectivity index (χ3n) is 3.25. The van der Waals surface area contributed by atoms with Gasteiger partial charge in [-0.05, 0) is 18.5 Å². The van der Waals surface area contributed by atoms with Crippen LogP contribution in [0, 0.1) is 11.7 Å². The average Bonchev–Trinajstić information content (AvgIpc) is 2.44.